The normalized spacial score (nSPS) is 15.8. The van der Waals surface area contributed by atoms with E-state index in [0.29, 0.717) is 0 Å². The van der Waals surface area contributed by atoms with E-state index in [-0.39, 0.29) is 12.0 Å². The second-order valence-electron chi connectivity index (χ2n) is 15.2. The number of fused-ring (bicyclic) bond motifs is 9. The summed E-state index contributed by atoms with van der Waals surface area (Å²) < 4.78 is 15.3. The number of allylic oxidation sites excluding steroid dienone is 2. The number of nitrogens with zero attached hydrogens (tertiary/aromatic N) is 2. The maximum atomic E-state index is 6.53. The van der Waals surface area contributed by atoms with Gasteiger partial charge in [-0.2, -0.15) is 0 Å². The van der Waals surface area contributed by atoms with E-state index in [9.17, 15) is 0 Å². The Balaban J connectivity index is 0.937. The fourth-order valence-electron chi connectivity index (χ4n) is 9.23. The first kappa shape index (κ1) is 32.7. The highest BCUT2D eigenvalue weighted by atomic mass is 16.5. The maximum Gasteiger partial charge on any atom is 0.137 e. The molecule has 0 N–H and O–H groups in total. The molecule has 2 atom stereocenters. The first-order chi connectivity index (χ1) is 28.7. The molecule has 8 aromatic carbocycles. The highest BCUT2D eigenvalue weighted by Crippen LogP contribution is 2.46. The Bertz CT molecular complexity index is 3260. The monoisotopic (exact) mass is 744 g/mol. The van der Waals surface area contributed by atoms with Crippen molar-refractivity contribution in [3.63, 3.8) is 0 Å². The van der Waals surface area contributed by atoms with Crippen LogP contribution in [-0.2, 0) is 0 Å². The number of anilines is 3. The Morgan fingerprint density at radius 3 is 2.00 bits per heavy atom. The van der Waals surface area contributed by atoms with Gasteiger partial charge in [0.25, 0.3) is 0 Å². The van der Waals surface area contributed by atoms with E-state index in [4.69, 9.17) is 9.15 Å². The second kappa shape index (κ2) is 13.0. The minimum atomic E-state index is -0.0412. The van der Waals surface area contributed by atoms with Crippen molar-refractivity contribution in [3.05, 3.63) is 217 Å². The predicted molar refractivity (Wildman–Crippen MR) is 239 cm³/mol. The van der Waals surface area contributed by atoms with Crippen LogP contribution >= 0.6 is 0 Å². The van der Waals surface area contributed by atoms with Crippen LogP contribution in [0.3, 0.4) is 0 Å². The molecule has 4 nitrogen and oxygen atoms in total. The van der Waals surface area contributed by atoms with Gasteiger partial charge in [0.2, 0.25) is 0 Å². The summed E-state index contributed by atoms with van der Waals surface area (Å²) in [4.78, 5) is 2.32. The third kappa shape index (κ3) is 5.15. The number of para-hydroxylation sites is 4. The van der Waals surface area contributed by atoms with Gasteiger partial charge >= 0.3 is 0 Å². The van der Waals surface area contributed by atoms with E-state index in [0.717, 1.165) is 56.0 Å². The van der Waals surface area contributed by atoms with Gasteiger partial charge in [0, 0.05) is 67.4 Å². The molecular formula is C54H36N2O2. The van der Waals surface area contributed by atoms with Crippen LogP contribution in [0.2, 0.25) is 0 Å². The Labute approximate surface area is 335 Å². The fraction of sp³-hybridized carbons (Fsp3) is 0.0370. The Morgan fingerprint density at radius 1 is 0.483 bits per heavy atom. The molecule has 0 saturated heterocycles. The molecule has 2 aromatic heterocycles. The van der Waals surface area contributed by atoms with Crippen molar-refractivity contribution < 1.29 is 9.15 Å². The van der Waals surface area contributed by atoms with Crippen LogP contribution in [0.5, 0.6) is 5.75 Å². The van der Waals surface area contributed by atoms with Crippen molar-refractivity contribution in [1.29, 1.82) is 0 Å². The molecule has 0 bridgehead atoms. The van der Waals surface area contributed by atoms with Gasteiger partial charge in [-0.3, -0.25) is 0 Å². The summed E-state index contributed by atoms with van der Waals surface area (Å²) in [7, 11) is 0. The van der Waals surface area contributed by atoms with Gasteiger partial charge < -0.3 is 18.6 Å². The van der Waals surface area contributed by atoms with E-state index in [2.05, 4.69) is 198 Å². The smallest absolute Gasteiger partial charge is 0.137 e. The molecule has 1 aliphatic carbocycles. The van der Waals surface area contributed by atoms with Crippen LogP contribution in [0.15, 0.2) is 211 Å². The van der Waals surface area contributed by atoms with E-state index < -0.39 is 0 Å². The third-order valence-corrected chi connectivity index (χ3v) is 12.0. The molecule has 12 rings (SSSR count). The number of hydrogen-bond acceptors (Lipinski definition) is 3. The SMILES string of the molecule is C1=CC(c2ccc(N(c3ccc(-c4ccc5c6ccccc6n(-c6ccccc6)c5c4)cc3)c3ccc4c(c3)oc3ccccc34)cc2)C2Oc3ccccc3C2=C1. The van der Waals surface area contributed by atoms with Gasteiger partial charge in [-0.1, -0.05) is 127 Å². The van der Waals surface area contributed by atoms with Crippen molar-refractivity contribution in [2.24, 2.45) is 0 Å². The summed E-state index contributed by atoms with van der Waals surface area (Å²) in [5.41, 5.74) is 14.4. The van der Waals surface area contributed by atoms with Crippen molar-refractivity contribution in [3.8, 4) is 22.6 Å². The number of hydrogen-bond donors (Lipinski definition) is 0. The van der Waals surface area contributed by atoms with Gasteiger partial charge in [-0.05, 0) is 89.5 Å². The van der Waals surface area contributed by atoms with Crippen LogP contribution in [0.25, 0.3) is 66.1 Å². The molecule has 274 valence electrons. The molecule has 0 amide bonds. The predicted octanol–water partition coefficient (Wildman–Crippen LogP) is 14.3. The van der Waals surface area contributed by atoms with Crippen LogP contribution < -0.4 is 9.64 Å². The zero-order valence-electron chi connectivity index (χ0n) is 31.5. The van der Waals surface area contributed by atoms with E-state index >= 15 is 0 Å². The lowest BCUT2D eigenvalue weighted by molar-refractivity contribution is 0.258. The lowest BCUT2D eigenvalue weighted by Crippen LogP contribution is -2.23. The molecule has 0 fully saturated rings. The number of benzene rings is 8. The van der Waals surface area contributed by atoms with Crippen molar-refractivity contribution >= 4 is 66.4 Å². The molecule has 0 radical (unpaired) electrons. The zero-order valence-corrected chi connectivity index (χ0v) is 31.5. The lowest BCUT2D eigenvalue weighted by atomic mass is 9.84. The van der Waals surface area contributed by atoms with Gasteiger partial charge in [-0.25, -0.2) is 0 Å². The molecule has 2 aliphatic rings. The zero-order chi connectivity index (χ0) is 38.2. The Hall–Kier alpha value is -7.56. The van der Waals surface area contributed by atoms with Crippen LogP contribution in [-0.4, -0.2) is 10.7 Å². The van der Waals surface area contributed by atoms with E-state index in [1.165, 1.54) is 44.1 Å². The van der Waals surface area contributed by atoms with Crippen LogP contribution in [0, 0.1) is 0 Å². The highest BCUT2D eigenvalue weighted by Gasteiger charge is 2.36. The third-order valence-electron chi connectivity index (χ3n) is 12.0. The number of rotatable bonds is 6. The standard InChI is InChI=1S/C54H36N2O2/c1-2-11-38(12-3-1)56-49-18-7-4-13-43(49)44-31-25-37(33-50(44)56)35-21-26-39(27-22-35)55(41-30-32-47-45-14-5-8-19-51(45)57-53(47)34-41)40-28-23-36(24-29-40)42-16-10-17-48-46-15-6-9-20-52(46)58-54(42)48/h1-34,42,54H. The molecule has 0 saturated carbocycles. The highest BCUT2D eigenvalue weighted by molar-refractivity contribution is 6.10. The molecule has 3 heterocycles. The van der Waals surface area contributed by atoms with E-state index in [1.807, 2.05) is 18.2 Å². The topological polar surface area (TPSA) is 30.5 Å². The van der Waals surface area contributed by atoms with Crippen molar-refractivity contribution in [2.75, 3.05) is 4.90 Å². The molecule has 0 spiro atoms. The number of ether oxygens (including phenoxy) is 1. The van der Waals surface area contributed by atoms with Crippen LogP contribution in [0.1, 0.15) is 17.0 Å². The quantitative estimate of drug-likeness (QED) is 0.170. The maximum absolute atomic E-state index is 6.53. The van der Waals surface area contributed by atoms with Crippen LogP contribution in [0.4, 0.5) is 17.1 Å². The number of aromatic nitrogens is 1. The lowest BCUT2D eigenvalue weighted by Gasteiger charge is -2.28. The Kier molecular flexibility index (Phi) is 7.32. The van der Waals surface area contributed by atoms with Gasteiger partial charge in [0.15, 0.2) is 0 Å². The minimum absolute atomic E-state index is 0.0412. The van der Waals surface area contributed by atoms with Gasteiger partial charge in [0.1, 0.15) is 23.0 Å². The first-order valence-electron chi connectivity index (χ1n) is 19.9. The molecule has 1 aliphatic heterocycles. The Morgan fingerprint density at radius 2 is 1.14 bits per heavy atom. The largest absolute Gasteiger partial charge is 0.484 e. The molecule has 58 heavy (non-hydrogen) atoms. The van der Waals surface area contributed by atoms with Gasteiger partial charge in [0.05, 0.1) is 11.0 Å². The summed E-state index contributed by atoms with van der Waals surface area (Å²) in [6.07, 6.45) is 6.59. The molecular weight excluding hydrogens is 709 g/mol. The molecule has 2 unspecified atom stereocenters. The molecule has 4 heteroatoms. The first-order valence-corrected chi connectivity index (χ1v) is 19.9. The average Bonchev–Trinajstić information content (AvgIpc) is 3.96. The van der Waals surface area contributed by atoms with E-state index in [1.54, 1.807) is 0 Å². The average molecular weight is 745 g/mol. The van der Waals surface area contributed by atoms with Crippen molar-refractivity contribution in [2.45, 2.75) is 12.0 Å². The summed E-state index contributed by atoms with van der Waals surface area (Å²) in [6, 6.07) is 67.2. The molecule has 10 aromatic rings. The summed E-state index contributed by atoms with van der Waals surface area (Å²) in [5, 5.41) is 4.73. The second-order valence-corrected chi connectivity index (χ2v) is 15.2. The fourth-order valence-corrected chi connectivity index (χ4v) is 9.23. The summed E-state index contributed by atoms with van der Waals surface area (Å²) in [6.45, 7) is 0. The number of furan rings is 1. The minimum Gasteiger partial charge on any atom is -0.484 e. The summed E-state index contributed by atoms with van der Waals surface area (Å²) in [5.74, 6) is 1.07. The van der Waals surface area contributed by atoms with Gasteiger partial charge in [-0.15, -0.1) is 0 Å². The van der Waals surface area contributed by atoms with Crippen molar-refractivity contribution in [1.82, 2.24) is 4.57 Å². The summed E-state index contributed by atoms with van der Waals surface area (Å²) >= 11 is 0.